The van der Waals surface area contributed by atoms with Crippen LogP contribution in [-0.2, 0) is 9.53 Å². The van der Waals surface area contributed by atoms with Gasteiger partial charge in [0.2, 0.25) is 0 Å². The van der Waals surface area contributed by atoms with E-state index in [1.165, 1.54) is 6.07 Å². The summed E-state index contributed by atoms with van der Waals surface area (Å²) in [5, 5.41) is 13.4. The van der Waals surface area contributed by atoms with Crippen molar-refractivity contribution < 1.29 is 23.8 Å². The topological polar surface area (TPSA) is 87.7 Å². The second kappa shape index (κ2) is 8.11. The van der Waals surface area contributed by atoms with E-state index in [9.17, 15) is 14.0 Å². The zero-order valence-corrected chi connectivity index (χ0v) is 11.1. The van der Waals surface area contributed by atoms with Crippen molar-refractivity contribution >= 4 is 12.0 Å². The fourth-order valence-corrected chi connectivity index (χ4v) is 1.55. The van der Waals surface area contributed by atoms with Gasteiger partial charge < -0.3 is 20.5 Å². The lowest BCUT2D eigenvalue weighted by molar-refractivity contribution is -0.142. The maximum absolute atomic E-state index is 13.5. The van der Waals surface area contributed by atoms with Crippen LogP contribution >= 0.6 is 0 Å². The Labute approximate surface area is 115 Å². The summed E-state index contributed by atoms with van der Waals surface area (Å²) in [6, 6.07) is 5.23. The number of ether oxygens (including phenoxy) is 1. The maximum atomic E-state index is 13.5. The quantitative estimate of drug-likeness (QED) is 0.658. The number of aliphatic carboxylic acids is 1. The third-order valence-electron chi connectivity index (χ3n) is 2.48. The molecule has 0 heterocycles. The molecule has 0 spiro atoms. The van der Waals surface area contributed by atoms with Crippen molar-refractivity contribution in [2.24, 2.45) is 0 Å². The number of benzene rings is 1. The van der Waals surface area contributed by atoms with E-state index in [0.717, 1.165) is 0 Å². The summed E-state index contributed by atoms with van der Waals surface area (Å²) < 4.78 is 18.2. The molecule has 0 aliphatic carbocycles. The molecular weight excluding hydrogens is 267 g/mol. The number of carboxylic acids is 1. The van der Waals surface area contributed by atoms with Crippen LogP contribution in [0.15, 0.2) is 24.3 Å². The predicted octanol–water partition coefficient (Wildman–Crippen LogP) is 1.29. The van der Waals surface area contributed by atoms with Gasteiger partial charge in [-0.15, -0.1) is 0 Å². The third kappa shape index (κ3) is 5.66. The largest absolute Gasteiger partial charge is 0.480 e. The lowest BCUT2D eigenvalue weighted by Gasteiger charge is -2.15. The molecule has 2 amide bonds. The zero-order valence-electron chi connectivity index (χ0n) is 11.1. The minimum Gasteiger partial charge on any atom is -0.480 e. The molecule has 1 atom stereocenters. The van der Waals surface area contributed by atoms with Gasteiger partial charge in [0.05, 0.1) is 12.6 Å². The molecule has 0 radical (unpaired) electrons. The first-order valence-corrected chi connectivity index (χ1v) is 6.09. The third-order valence-corrected chi connectivity index (χ3v) is 2.48. The lowest BCUT2D eigenvalue weighted by Crippen LogP contribution is -2.39. The molecule has 110 valence electrons. The second-order valence-corrected chi connectivity index (χ2v) is 4.09. The van der Waals surface area contributed by atoms with Crippen LogP contribution in [0.2, 0.25) is 0 Å². The van der Waals surface area contributed by atoms with Gasteiger partial charge >= 0.3 is 12.0 Å². The van der Waals surface area contributed by atoms with Crippen LogP contribution in [0.5, 0.6) is 0 Å². The summed E-state index contributed by atoms with van der Waals surface area (Å²) >= 11 is 0. The number of nitrogens with one attached hydrogen (secondary N) is 2. The van der Waals surface area contributed by atoms with Gasteiger partial charge in [0.1, 0.15) is 12.4 Å². The number of carbonyl (C=O) groups is 2. The van der Waals surface area contributed by atoms with Gasteiger partial charge in [-0.2, -0.15) is 0 Å². The molecule has 0 aliphatic rings. The molecule has 3 N–H and O–H groups in total. The summed E-state index contributed by atoms with van der Waals surface area (Å²) in [6.07, 6.45) is 0. The average molecular weight is 284 g/mol. The van der Waals surface area contributed by atoms with Crippen LogP contribution in [0.4, 0.5) is 9.18 Å². The average Bonchev–Trinajstić information content (AvgIpc) is 2.38. The Hall–Kier alpha value is -2.15. The number of amides is 2. The number of hydrogen-bond donors (Lipinski definition) is 3. The molecule has 7 heteroatoms. The molecule has 0 bridgehead atoms. The molecular formula is C13H17FN2O4. The van der Waals surface area contributed by atoms with Crippen molar-refractivity contribution in [2.45, 2.75) is 13.0 Å². The minimum absolute atomic E-state index is 0.0911. The molecule has 1 rings (SSSR count). The fraction of sp³-hybridized carbons (Fsp3) is 0.385. The zero-order chi connectivity index (χ0) is 15.0. The van der Waals surface area contributed by atoms with Crippen LogP contribution < -0.4 is 10.6 Å². The normalized spacial score (nSPS) is 11.7. The Morgan fingerprint density at radius 3 is 2.75 bits per heavy atom. The number of rotatable bonds is 7. The highest BCUT2D eigenvalue weighted by Gasteiger charge is 2.12. The van der Waals surface area contributed by atoms with E-state index in [2.05, 4.69) is 10.6 Å². The fourth-order valence-electron chi connectivity index (χ4n) is 1.55. The molecule has 1 aromatic carbocycles. The Morgan fingerprint density at radius 1 is 1.40 bits per heavy atom. The predicted molar refractivity (Wildman–Crippen MR) is 69.8 cm³/mol. The molecule has 0 saturated heterocycles. The molecule has 20 heavy (non-hydrogen) atoms. The maximum Gasteiger partial charge on any atom is 0.329 e. The SMILES string of the molecule is CC(NC(=O)NCCOCC(=O)O)c1ccccc1F. The minimum atomic E-state index is -1.07. The van der Waals surface area contributed by atoms with Crippen molar-refractivity contribution in [3.63, 3.8) is 0 Å². The molecule has 0 aromatic heterocycles. The molecule has 0 aliphatic heterocycles. The summed E-state index contributed by atoms with van der Waals surface area (Å²) in [5.41, 5.74) is 0.393. The van der Waals surface area contributed by atoms with Crippen LogP contribution in [0.25, 0.3) is 0 Å². The lowest BCUT2D eigenvalue weighted by atomic mass is 10.1. The molecule has 1 unspecified atom stereocenters. The number of urea groups is 1. The number of halogens is 1. The van der Waals surface area contributed by atoms with E-state index in [-0.39, 0.29) is 19.0 Å². The Balaban J connectivity index is 2.28. The van der Waals surface area contributed by atoms with Crippen LogP contribution in [-0.4, -0.2) is 36.9 Å². The standard InChI is InChI=1S/C13H17FN2O4/c1-9(10-4-2-3-5-11(10)14)16-13(19)15-6-7-20-8-12(17)18/h2-5,9H,6-8H2,1H3,(H,17,18)(H2,15,16,19). The van der Waals surface area contributed by atoms with E-state index in [1.807, 2.05) is 0 Å². The van der Waals surface area contributed by atoms with Gasteiger partial charge in [0.25, 0.3) is 0 Å². The van der Waals surface area contributed by atoms with Crippen molar-refractivity contribution in [3.05, 3.63) is 35.6 Å². The molecule has 0 saturated carbocycles. The van der Waals surface area contributed by atoms with Gasteiger partial charge in [0.15, 0.2) is 0 Å². The summed E-state index contributed by atoms with van der Waals surface area (Å²) in [6.45, 7) is 1.52. The smallest absolute Gasteiger partial charge is 0.329 e. The van der Waals surface area contributed by atoms with E-state index in [0.29, 0.717) is 5.56 Å². The Kier molecular flexibility index (Phi) is 6.45. The number of hydrogen-bond acceptors (Lipinski definition) is 3. The first kappa shape index (κ1) is 15.9. The summed E-state index contributed by atoms with van der Waals surface area (Å²) in [7, 11) is 0. The van der Waals surface area contributed by atoms with Crippen LogP contribution in [0, 0.1) is 5.82 Å². The van der Waals surface area contributed by atoms with Crippen molar-refractivity contribution in [1.29, 1.82) is 0 Å². The highest BCUT2D eigenvalue weighted by atomic mass is 19.1. The van der Waals surface area contributed by atoms with Crippen LogP contribution in [0.1, 0.15) is 18.5 Å². The van der Waals surface area contributed by atoms with Gasteiger partial charge in [-0.25, -0.2) is 14.0 Å². The summed E-state index contributed by atoms with van der Waals surface area (Å²) in [4.78, 5) is 21.7. The summed E-state index contributed by atoms with van der Waals surface area (Å²) in [5.74, 6) is -1.45. The van der Waals surface area contributed by atoms with Gasteiger partial charge in [-0.05, 0) is 13.0 Å². The highest BCUT2D eigenvalue weighted by molar-refractivity contribution is 5.74. The highest BCUT2D eigenvalue weighted by Crippen LogP contribution is 2.15. The number of carboxylic acid groups (broad SMARTS) is 1. The van der Waals surface area contributed by atoms with Gasteiger partial charge in [0, 0.05) is 12.1 Å². The van der Waals surface area contributed by atoms with Gasteiger partial charge in [-0.3, -0.25) is 0 Å². The van der Waals surface area contributed by atoms with E-state index >= 15 is 0 Å². The van der Waals surface area contributed by atoms with Crippen molar-refractivity contribution in [2.75, 3.05) is 19.8 Å². The van der Waals surface area contributed by atoms with Gasteiger partial charge in [-0.1, -0.05) is 18.2 Å². The molecule has 1 aromatic rings. The second-order valence-electron chi connectivity index (χ2n) is 4.09. The van der Waals surface area contributed by atoms with E-state index in [4.69, 9.17) is 9.84 Å². The van der Waals surface area contributed by atoms with Crippen molar-refractivity contribution in [3.8, 4) is 0 Å². The Bertz CT molecular complexity index is 467. The van der Waals surface area contributed by atoms with E-state index in [1.54, 1.807) is 25.1 Å². The van der Waals surface area contributed by atoms with Crippen molar-refractivity contribution in [1.82, 2.24) is 10.6 Å². The molecule has 6 nitrogen and oxygen atoms in total. The van der Waals surface area contributed by atoms with Crippen LogP contribution in [0.3, 0.4) is 0 Å². The molecule has 0 fully saturated rings. The first-order valence-electron chi connectivity index (χ1n) is 6.09. The number of carbonyl (C=O) groups excluding carboxylic acids is 1. The first-order chi connectivity index (χ1) is 9.50. The monoisotopic (exact) mass is 284 g/mol. The van der Waals surface area contributed by atoms with E-state index < -0.39 is 24.6 Å². The Morgan fingerprint density at radius 2 is 2.10 bits per heavy atom.